The first-order chi connectivity index (χ1) is 15.9. The van der Waals surface area contributed by atoms with Gasteiger partial charge in [-0.2, -0.15) is 13.2 Å². The van der Waals surface area contributed by atoms with E-state index in [-0.39, 0.29) is 17.9 Å². The summed E-state index contributed by atoms with van der Waals surface area (Å²) in [6.07, 6.45) is -4.77. The highest BCUT2D eigenvalue weighted by molar-refractivity contribution is 7.91. The molecule has 2 aromatic carbocycles. The monoisotopic (exact) mass is 513 g/mol. The summed E-state index contributed by atoms with van der Waals surface area (Å²) < 4.78 is 80.1. The number of fused-ring (bicyclic) bond motifs is 1. The number of benzene rings is 2. The molecule has 1 amide bonds. The molecule has 1 aliphatic rings. The van der Waals surface area contributed by atoms with Crippen molar-refractivity contribution in [3.8, 4) is 11.3 Å². The van der Waals surface area contributed by atoms with E-state index in [1.54, 1.807) is 24.3 Å². The maximum atomic E-state index is 15.0. The Balaban J connectivity index is 1.92. The number of hydrogen-bond acceptors (Lipinski definition) is 5. The third kappa shape index (κ3) is 4.63. The highest BCUT2D eigenvalue weighted by Crippen LogP contribution is 2.37. The van der Waals surface area contributed by atoms with Gasteiger partial charge >= 0.3 is 6.18 Å². The molecule has 4 rings (SSSR count). The van der Waals surface area contributed by atoms with E-state index < -0.39 is 55.7 Å². The average Bonchev–Trinajstić information content (AvgIpc) is 2.83. The summed E-state index contributed by atoms with van der Waals surface area (Å²) in [5.74, 6) is -2.60. The van der Waals surface area contributed by atoms with Crippen LogP contribution in [0.3, 0.4) is 0 Å². The number of sulfone groups is 1. The number of carbonyl (C=O) groups is 1. The quantitative estimate of drug-likeness (QED) is 0.530. The van der Waals surface area contributed by atoms with Gasteiger partial charge in [-0.3, -0.25) is 4.79 Å². The zero-order valence-corrected chi connectivity index (χ0v) is 18.8. The highest BCUT2D eigenvalue weighted by Gasteiger charge is 2.37. The van der Waals surface area contributed by atoms with Gasteiger partial charge in [0.05, 0.1) is 34.6 Å². The molecule has 2 N–H and O–H groups in total. The van der Waals surface area contributed by atoms with Gasteiger partial charge in [0.15, 0.2) is 9.84 Å². The third-order valence-corrected chi connectivity index (χ3v) is 7.27. The van der Waals surface area contributed by atoms with Crippen LogP contribution in [-0.4, -0.2) is 31.1 Å². The molecule has 178 valence electrons. The lowest BCUT2D eigenvalue weighted by molar-refractivity contribution is -0.141. The van der Waals surface area contributed by atoms with E-state index >= 15 is 4.39 Å². The molecule has 0 unspecified atom stereocenters. The van der Waals surface area contributed by atoms with Crippen molar-refractivity contribution in [1.82, 2.24) is 4.98 Å². The van der Waals surface area contributed by atoms with Gasteiger partial charge in [-0.25, -0.2) is 17.8 Å². The van der Waals surface area contributed by atoms with Gasteiger partial charge in [0.2, 0.25) is 5.91 Å². The Hall–Kier alpha value is -3.02. The van der Waals surface area contributed by atoms with Crippen molar-refractivity contribution in [2.45, 2.75) is 23.7 Å². The fourth-order valence-electron chi connectivity index (χ4n) is 3.59. The smallest absolute Gasteiger partial charge is 0.319 e. The number of rotatable bonds is 3. The van der Waals surface area contributed by atoms with Crippen LogP contribution in [0.25, 0.3) is 11.3 Å². The van der Waals surface area contributed by atoms with Crippen molar-refractivity contribution in [3.05, 3.63) is 76.7 Å². The summed E-state index contributed by atoms with van der Waals surface area (Å²) in [7, 11) is -4.19. The lowest BCUT2D eigenvalue weighted by Crippen LogP contribution is -2.45. The van der Waals surface area contributed by atoms with Crippen molar-refractivity contribution >= 4 is 33.0 Å². The number of pyridine rings is 1. The molecule has 12 heteroatoms. The highest BCUT2D eigenvalue weighted by atomic mass is 35.5. The van der Waals surface area contributed by atoms with Gasteiger partial charge in [-0.05, 0) is 42.0 Å². The summed E-state index contributed by atoms with van der Waals surface area (Å²) in [6, 6.07) is 9.56. The van der Waals surface area contributed by atoms with E-state index in [1.807, 2.05) is 0 Å². The van der Waals surface area contributed by atoms with Gasteiger partial charge in [-0.15, -0.1) is 0 Å². The van der Waals surface area contributed by atoms with Crippen LogP contribution in [-0.2, 0) is 27.4 Å². The lowest BCUT2D eigenvalue weighted by Gasteiger charge is -2.25. The number of amides is 1. The van der Waals surface area contributed by atoms with Crippen LogP contribution in [0.1, 0.15) is 11.3 Å². The van der Waals surface area contributed by atoms with Gasteiger partial charge < -0.3 is 10.6 Å². The fraction of sp³-hybridized carbons (Fsp3) is 0.182. The standard InChI is InChI=1S/C22H16ClF4N3O3S/c23-13-6-4-12(5-7-13)10-30-18-8-14(17-2-1-3-20(29-17)22(25,26)27)15(24)9-19(18)34(32,33)11-16(28)21(30)31/h1-9,16H,10-11,28H2/t16-/m0/s1. The van der Waals surface area contributed by atoms with Crippen molar-refractivity contribution in [2.75, 3.05) is 10.7 Å². The van der Waals surface area contributed by atoms with Crippen LogP contribution in [0.2, 0.25) is 5.02 Å². The zero-order chi connectivity index (χ0) is 24.8. The largest absolute Gasteiger partial charge is 0.433 e. The SMILES string of the molecule is N[C@H]1CS(=O)(=O)c2cc(F)c(-c3cccc(C(F)(F)F)n3)cc2N(Cc2ccc(Cl)cc2)C1=O. The summed E-state index contributed by atoms with van der Waals surface area (Å²) in [5.41, 5.74) is 4.18. The van der Waals surface area contributed by atoms with Crippen LogP contribution < -0.4 is 10.6 Å². The van der Waals surface area contributed by atoms with Crippen LogP contribution in [0.4, 0.5) is 23.2 Å². The number of hydrogen-bond donors (Lipinski definition) is 1. The number of alkyl halides is 3. The van der Waals surface area contributed by atoms with Crippen molar-refractivity contribution in [1.29, 1.82) is 0 Å². The first-order valence-corrected chi connectivity index (χ1v) is 11.8. The summed E-state index contributed by atoms with van der Waals surface area (Å²) in [4.78, 5) is 17.1. The predicted molar refractivity (Wildman–Crippen MR) is 117 cm³/mol. The molecule has 2 heterocycles. The second-order valence-electron chi connectivity index (χ2n) is 7.64. The summed E-state index contributed by atoms with van der Waals surface area (Å²) in [6.45, 7) is -0.132. The lowest BCUT2D eigenvalue weighted by atomic mass is 10.1. The summed E-state index contributed by atoms with van der Waals surface area (Å²) >= 11 is 5.89. The molecule has 6 nitrogen and oxygen atoms in total. The number of nitrogens with two attached hydrogens (primary N) is 1. The molecule has 0 saturated heterocycles. The molecular formula is C22H16ClF4N3O3S. The van der Waals surface area contributed by atoms with E-state index in [0.717, 1.165) is 29.2 Å². The average molecular weight is 514 g/mol. The second kappa shape index (κ2) is 8.64. The van der Waals surface area contributed by atoms with Crippen molar-refractivity contribution in [3.63, 3.8) is 0 Å². The molecular weight excluding hydrogens is 498 g/mol. The Morgan fingerprint density at radius 1 is 1.12 bits per heavy atom. The minimum Gasteiger partial charge on any atom is -0.319 e. The van der Waals surface area contributed by atoms with E-state index in [0.29, 0.717) is 16.7 Å². The van der Waals surface area contributed by atoms with Gasteiger partial charge in [0, 0.05) is 10.6 Å². The van der Waals surface area contributed by atoms with E-state index in [9.17, 15) is 26.4 Å². The maximum absolute atomic E-state index is 15.0. The first kappa shape index (κ1) is 24.1. The van der Waals surface area contributed by atoms with Crippen molar-refractivity contribution in [2.24, 2.45) is 5.73 Å². The van der Waals surface area contributed by atoms with Crippen molar-refractivity contribution < 1.29 is 30.8 Å². The second-order valence-corrected chi connectivity index (χ2v) is 10.1. The number of halogens is 5. The predicted octanol–water partition coefficient (Wildman–Crippen LogP) is 4.21. The van der Waals surface area contributed by atoms with Gasteiger partial charge in [0.25, 0.3) is 0 Å². The Labute approximate surface area is 196 Å². The molecule has 0 fully saturated rings. The van der Waals surface area contributed by atoms with E-state index in [1.165, 1.54) is 0 Å². The molecule has 0 bridgehead atoms. The topological polar surface area (TPSA) is 93.4 Å². The van der Waals surface area contributed by atoms with Crippen LogP contribution in [0.5, 0.6) is 0 Å². The fourth-order valence-corrected chi connectivity index (χ4v) is 5.29. The number of anilines is 1. The zero-order valence-electron chi connectivity index (χ0n) is 17.2. The number of carbonyl (C=O) groups excluding carboxylic acids is 1. The first-order valence-electron chi connectivity index (χ1n) is 9.79. The number of nitrogens with zero attached hydrogens (tertiary/aromatic N) is 2. The molecule has 0 saturated carbocycles. The molecule has 1 aliphatic heterocycles. The Bertz CT molecular complexity index is 1380. The van der Waals surface area contributed by atoms with Gasteiger partial charge in [-0.1, -0.05) is 29.8 Å². The summed E-state index contributed by atoms with van der Waals surface area (Å²) in [5, 5.41) is 0.436. The molecule has 1 atom stereocenters. The van der Waals surface area contributed by atoms with E-state index in [2.05, 4.69) is 4.98 Å². The van der Waals surface area contributed by atoms with Gasteiger partial charge in [0.1, 0.15) is 11.5 Å². The molecule has 0 aliphatic carbocycles. The molecule has 34 heavy (non-hydrogen) atoms. The molecule has 0 spiro atoms. The molecule has 1 aromatic heterocycles. The Morgan fingerprint density at radius 3 is 2.44 bits per heavy atom. The third-order valence-electron chi connectivity index (χ3n) is 5.23. The maximum Gasteiger partial charge on any atom is 0.433 e. The van der Waals surface area contributed by atoms with Crippen LogP contribution >= 0.6 is 11.6 Å². The van der Waals surface area contributed by atoms with E-state index in [4.69, 9.17) is 17.3 Å². The normalized spacial score (nSPS) is 17.9. The minimum absolute atomic E-state index is 0.132. The Morgan fingerprint density at radius 2 is 1.79 bits per heavy atom. The van der Waals surface area contributed by atoms with Crippen LogP contribution in [0, 0.1) is 5.82 Å². The Kier molecular flexibility index (Phi) is 6.13. The molecule has 0 radical (unpaired) electrons. The molecule has 3 aromatic rings. The number of aromatic nitrogens is 1. The van der Waals surface area contributed by atoms with Crippen LogP contribution in [0.15, 0.2) is 59.5 Å². The minimum atomic E-state index is -4.77.